The Morgan fingerprint density at radius 1 is 0.571 bits per heavy atom. The highest BCUT2D eigenvalue weighted by atomic mass is 15.3. The van der Waals surface area contributed by atoms with E-state index in [4.69, 9.17) is 0 Å². The van der Waals surface area contributed by atoms with Crippen molar-refractivity contribution in [2.24, 2.45) is 0 Å². The van der Waals surface area contributed by atoms with Gasteiger partial charge in [0.1, 0.15) is 0 Å². The van der Waals surface area contributed by atoms with Crippen molar-refractivity contribution in [1.82, 2.24) is 0 Å². The van der Waals surface area contributed by atoms with E-state index in [0.717, 1.165) is 4.48 Å². The molecule has 0 saturated carbocycles. The maximum absolute atomic E-state index is 2.41. The Kier molecular flexibility index (Phi) is 11.5. The van der Waals surface area contributed by atoms with E-state index in [2.05, 4.69) is 41.9 Å². The first-order chi connectivity index (χ1) is 9.81. The molecule has 0 radical (unpaired) electrons. The third-order valence-electron chi connectivity index (χ3n) is 5.46. The summed E-state index contributed by atoms with van der Waals surface area (Å²) >= 11 is 0. The predicted octanol–water partition coefficient (Wildman–Crippen LogP) is 6.56. The summed E-state index contributed by atoms with van der Waals surface area (Å²) in [6.07, 6.45) is 18.7. The molecular formula is C20H44N+. The van der Waals surface area contributed by atoms with Gasteiger partial charge in [0.2, 0.25) is 0 Å². The van der Waals surface area contributed by atoms with E-state index in [1.807, 2.05) is 0 Å². The monoisotopic (exact) mass is 298 g/mol. The quantitative estimate of drug-likeness (QED) is 0.251. The minimum atomic E-state index is 0.415. The van der Waals surface area contributed by atoms with Crippen molar-refractivity contribution in [2.75, 3.05) is 21.1 Å². The van der Waals surface area contributed by atoms with E-state index < -0.39 is 0 Å². The van der Waals surface area contributed by atoms with E-state index >= 15 is 0 Å². The summed E-state index contributed by atoms with van der Waals surface area (Å²) in [5, 5.41) is 0. The molecule has 0 saturated heterocycles. The maximum Gasteiger partial charge on any atom is 0.0929 e. The van der Waals surface area contributed by atoms with Crippen molar-refractivity contribution >= 4 is 0 Å². The Morgan fingerprint density at radius 3 is 1.24 bits per heavy atom. The van der Waals surface area contributed by atoms with Crippen LogP contribution in [0.15, 0.2) is 0 Å². The molecule has 0 aliphatic rings. The Hall–Kier alpha value is -0.0400. The van der Waals surface area contributed by atoms with Gasteiger partial charge in [-0.25, -0.2) is 0 Å². The van der Waals surface area contributed by atoms with Gasteiger partial charge in [-0.1, -0.05) is 77.6 Å². The van der Waals surface area contributed by atoms with Crippen LogP contribution in [0.3, 0.4) is 0 Å². The lowest BCUT2D eigenvalue weighted by Crippen LogP contribution is -2.52. The van der Waals surface area contributed by atoms with E-state index in [1.54, 1.807) is 0 Å². The molecule has 1 nitrogen and oxygen atoms in total. The van der Waals surface area contributed by atoms with Crippen molar-refractivity contribution in [1.29, 1.82) is 0 Å². The zero-order chi connectivity index (χ0) is 16.2. The summed E-state index contributed by atoms with van der Waals surface area (Å²) in [4.78, 5) is 0. The van der Waals surface area contributed by atoms with Gasteiger partial charge >= 0.3 is 0 Å². The lowest BCUT2D eigenvalue weighted by atomic mass is 9.93. The van der Waals surface area contributed by atoms with Crippen LogP contribution in [0.1, 0.15) is 104 Å². The van der Waals surface area contributed by atoms with Crippen LogP contribution in [0.25, 0.3) is 0 Å². The second kappa shape index (κ2) is 11.5. The summed E-state index contributed by atoms with van der Waals surface area (Å²) in [6, 6.07) is 0. The Labute approximate surface area is 136 Å². The van der Waals surface area contributed by atoms with E-state index in [1.165, 1.54) is 83.5 Å². The highest BCUT2D eigenvalue weighted by Gasteiger charge is 2.31. The summed E-state index contributed by atoms with van der Waals surface area (Å²) in [5.41, 5.74) is 0.415. The third-order valence-corrected chi connectivity index (χ3v) is 5.46. The van der Waals surface area contributed by atoms with Gasteiger partial charge in [-0.15, -0.1) is 0 Å². The zero-order valence-corrected chi connectivity index (χ0v) is 16.1. The van der Waals surface area contributed by atoms with Gasteiger partial charge < -0.3 is 4.48 Å². The first-order valence-corrected chi connectivity index (χ1v) is 9.63. The third kappa shape index (κ3) is 11.2. The van der Waals surface area contributed by atoms with Crippen LogP contribution in [0, 0.1) is 0 Å². The lowest BCUT2D eigenvalue weighted by molar-refractivity contribution is -0.920. The van der Waals surface area contributed by atoms with E-state index in [0.29, 0.717) is 5.54 Å². The van der Waals surface area contributed by atoms with Gasteiger partial charge in [0.25, 0.3) is 0 Å². The number of nitrogens with zero attached hydrogens (tertiary/aromatic N) is 1. The maximum atomic E-state index is 2.41. The molecule has 0 aromatic carbocycles. The van der Waals surface area contributed by atoms with Gasteiger partial charge in [-0.2, -0.15) is 0 Å². The number of unbranched alkanes of at least 4 members (excludes halogenated alkanes) is 11. The van der Waals surface area contributed by atoms with Crippen LogP contribution in [0.2, 0.25) is 0 Å². The molecule has 0 unspecified atom stereocenters. The number of quaternary nitrogens is 1. The van der Waals surface area contributed by atoms with Crippen LogP contribution in [-0.2, 0) is 0 Å². The van der Waals surface area contributed by atoms with E-state index in [9.17, 15) is 0 Å². The second-order valence-electron chi connectivity index (χ2n) is 8.46. The second-order valence-corrected chi connectivity index (χ2v) is 8.46. The zero-order valence-electron chi connectivity index (χ0n) is 16.1. The number of hydrogen-bond acceptors (Lipinski definition) is 0. The molecule has 128 valence electrons. The largest absolute Gasteiger partial charge is 0.327 e. The fourth-order valence-electron chi connectivity index (χ4n) is 2.73. The molecule has 0 fully saturated rings. The van der Waals surface area contributed by atoms with Gasteiger partial charge in [0.05, 0.1) is 26.7 Å². The average Bonchev–Trinajstić information content (AvgIpc) is 2.38. The molecule has 0 amide bonds. The molecular weight excluding hydrogens is 254 g/mol. The normalized spacial score (nSPS) is 12.9. The Morgan fingerprint density at radius 2 is 0.905 bits per heavy atom. The molecule has 0 aromatic rings. The molecule has 0 bridgehead atoms. The molecule has 1 heteroatoms. The van der Waals surface area contributed by atoms with Gasteiger partial charge in [-0.05, 0) is 20.3 Å². The summed E-state index contributed by atoms with van der Waals surface area (Å²) in [6.45, 7) is 7.11. The van der Waals surface area contributed by atoms with Crippen LogP contribution in [0.5, 0.6) is 0 Å². The Balaban J connectivity index is 3.30. The molecule has 0 atom stereocenters. The first-order valence-electron chi connectivity index (χ1n) is 9.63. The fraction of sp³-hybridized carbons (Fsp3) is 1.00. The van der Waals surface area contributed by atoms with Crippen molar-refractivity contribution in [3.8, 4) is 0 Å². The number of hydrogen-bond donors (Lipinski definition) is 0. The molecule has 0 rings (SSSR count). The number of rotatable bonds is 14. The summed E-state index contributed by atoms with van der Waals surface area (Å²) in [5.74, 6) is 0. The predicted molar refractivity (Wildman–Crippen MR) is 97.8 cm³/mol. The first kappa shape index (κ1) is 21.0. The Bertz CT molecular complexity index is 224. The van der Waals surface area contributed by atoms with Crippen molar-refractivity contribution < 1.29 is 4.48 Å². The smallest absolute Gasteiger partial charge is 0.0929 e. The minimum Gasteiger partial charge on any atom is -0.327 e. The lowest BCUT2D eigenvalue weighted by Gasteiger charge is -2.41. The minimum absolute atomic E-state index is 0.415. The van der Waals surface area contributed by atoms with E-state index in [-0.39, 0.29) is 0 Å². The topological polar surface area (TPSA) is 0 Å². The van der Waals surface area contributed by atoms with Gasteiger partial charge in [0, 0.05) is 6.42 Å². The summed E-state index contributed by atoms with van der Waals surface area (Å²) in [7, 11) is 6.96. The molecule has 21 heavy (non-hydrogen) atoms. The van der Waals surface area contributed by atoms with Crippen molar-refractivity contribution in [3.63, 3.8) is 0 Å². The van der Waals surface area contributed by atoms with Crippen LogP contribution in [0.4, 0.5) is 0 Å². The molecule has 0 aliphatic carbocycles. The molecule has 0 N–H and O–H groups in total. The van der Waals surface area contributed by atoms with Gasteiger partial charge in [-0.3, -0.25) is 0 Å². The van der Waals surface area contributed by atoms with Crippen molar-refractivity contribution in [2.45, 2.75) is 110 Å². The SMILES string of the molecule is CCCCCCCCCCCCCCC(C)(C)[N+](C)(C)C. The molecule has 0 aliphatic heterocycles. The van der Waals surface area contributed by atoms with Gasteiger partial charge in [0.15, 0.2) is 0 Å². The van der Waals surface area contributed by atoms with Crippen LogP contribution in [-0.4, -0.2) is 31.2 Å². The summed E-state index contributed by atoms with van der Waals surface area (Å²) < 4.78 is 1.07. The fourth-order valence-corrected chi connectivity index (χ4v) is 2.73. The van der Waals surface area contributed by atoms with Crippen molar-refractivity contribution in [3.05, 3.63) is 0 Å². The van der Waals surface area contributed by atoms with Crippen LogP contribution < -0.4 is 0 Å². The highest BCUT2D eigenvalue weighted by Crippen LogP contribution is 2.24. The highest BCUT2D eigenvalue weighted by molar-refractivity contribution is 4.68. The standard InChI is InChI=1S/C20H44N/c1-7-8-9-10-11-12-13-14-15-16-17-18-19-20(2,3)21(4,5)6/h7-19H2,1-6H3/q+1. The van der Waals surface area contributed by atoms with Crippen LogP contribution >= 0.6 is 0 Å². The molecule has 0 spiro atoms. The average molecular weight is 299 g/mol. The molecule has 0 aromatic heterocycles. The molecule has 0 heterocycles.